The minimum absolute atomic E-state index is 0.0467. The van der Waals surface area contributed by atoms with E-state index in [2.05, 4.69) is 0 Å². The largest absolute Gasteiger partial charge is 0.481 e. The number of aliphatic carboxylic acids is 1. The zero-order chi connectivity index (χ0) is 34.2. The fraction of sp³-hybridized carbons (Fsp3) is 0.548. The first kappa shape index (κ1) is 35.4. The molecule has 1 saturated heterocycles. The van der Waals surface area contributed by atoms with Gasteiger partial charge in [-0.2, -0.15) is 39.5 Å². The minimum Gasteiger partial charge on any atom is -0.481 e. The maximum Gasteiger partial charge on any atom is 0.416 e. The molecule has 0 radical (unpaired) electrons. The number of carbonyl (C=O) groups excluding carboxylic acids is 1. The Morgan fingerprint density at radius 1 is 0.870 bits per heavy atom. The summed E-state index contributed by atoms with van der Waals surface area (Å²) in [5.41, 5.74) is -4.19. The third-order valence-corrected chi connectivity index (χ3v) is 8.76. The summed E-state index contributed by atoms with van der Waals surface area (Å²) in [5.74, 6) is -1.07. The van der Waals surface area contributed by atoms with E-state index in [4.69, 9.17) is 4.74 Å². The van der Waals surface area contributed by atoms with Gasteiger partial charge in [0.05, 0.1) is 28.7 Å². The second-order valence-electron chi connectivity index (χ2n) is 11.9. The molecule has 1 N–H and O–H groups in total. The zero-order valence-electron chi connectivity index (χ0n) is 24.9. The van der Waals surface area contributed by atoms with Crippen molar-refractivity contribution in [3.8, 4) is 0 Å². The van der Waals surface area contributed by atoms with Crippen molar-refractivity contribution in [3.63, 3.8) is 0 Å². The van der Waals surface area contributed by atoms with E-state index in [0.29, 0.717) is 56.5 Å². The van der Waals surface area contributed by atoms with Gasteiger partial charge < -0.3 is 9.84 Å². The van der Waals surface area contributed by atoms with Gasteiger partial charge in [0, 0.05) is 19.6 Å². The molecule has 2 aromatic carbocycles. The summed E-state index contributed by atoms with van der Waals surface area (Å²) in [6.45, 7) is 4.02. The van der Waals surface area contributed by atoms with E-state index in [1.165, 1.54) is 13.0 Å². The standard InChI is InChI=1S/C31H33F9N2O4/c1-3-41(14-18-4-6-19(7-5-18)27(43)44)15-20-8-9-23(29(32,33)34)12-22(20)16-42-17(2)26(46-28(42)45)21-10-24(30(35,36)37)13-25(11-21)31(38,39)40/h8-13,17-19,26H,3-7,14-16H2,1-2H3,(H,43,44)/t17-,18?,19?,26-/m0/s1. The van der Waals surface area contributed by atoms with Crippen LogP contribution < -0.4 is 0 Å². The Morgan fingerprint density at radius 3 is 1.93 bits per heavy atom. The highest BCUT2D eigenvalue weighted by Gasteiger charge is 2.44. The molecule has 1 heterocycles. The van der Waals surface area contributed by atoms with Crippen LogP contribution in [0.15, 0.2) is 36.4 Å². The quantitative estimate of drug-likeness (QED) is 0.272. The molecule has 1 amide bonds. The second kappa shape index (κ2) is 13.3. The second-order valence-corrected chi connectivity index (χ2v) is 11.9. The van der Waals surface area contributed by atoms with Gasteiger partial charge in [-0.05, 0) is 92.1 Å². The van der Waals surface area contributed by atoms with Crippen molar-refractivity contribution in [3.05, 3.63) is 69.8 Å². The molecule has 0 spiro atoms. The van der Waals surface area contributed by atoms with Gasteiger partial charge in [0.15, 0.2) is 0 Å². The fourth-order valence-corrected chi connectivity index (χ4v) is 6.09. The Bertz CT molecular complexity index is 1380. The first-order valence-electron chi connectivity index (χ1n) is 14.7. The van der Waals surface area contributed by atoms with Crippen LogP contribution in [0.5, 0.6) is 0 Å². The zero-order valence-corrected chi connectivity index (χ0v) is 24.9. The van der Waals surface area contributed by atoms with Gasteiger partial charge in [0.25, 0.3) is 0 Å². The average molecular weight is 669 g/mol. The molecule has 0 aromatic heterocycles. The molecule has 254 valence electrons. The normalized spacial score (nSPS) is 22.8. The highest BCUT2D eigenvalue weighted by molar-refractivity contribution is 5.71. The van der Waals surface area contributed by atoms with Crippen LogP contribution in [-0.2, 0) is 41.1 Å². The van der Waals surface area contributed by atoms with Crippen LogP contribution in [-0.4, -0.2) is 46.1 Å². The van der Waals surface area contributed by atoms with Crippen LogP contribution in [0.4, 0.5) is 44.3 Å². The number of carboxylic acids is 1. The number of benzene rings is 2. The van der Waals surface area contributed by atoms with E-state index < -0.39 is 77.5 Å². The van der Waals surface area contributed by atoms with Crippen molar-refractivity contribution >= 4 is 12.1 Å². The van der Waals surface area contributed by atoms with E-state index >= 15 is 0 Å². The fourth-order valence-electron chi connectivity index (χ4n) is 6.09. The molecule has 46 heavy (non-hydrogen) atoms. The summed E-state index contributed by atoms with van der Waals surface area (Å²) in [6.07, 6.45) is -15.2. The van der Waals surface area contributed by atoms with Crippen LogP contribution in [0.1, 0.15) is 79.0 Å². The molecule has 2 aromatic rings. The highest BCUT2D eigenvalue weighted by Crippen LogP contribution is 2.41. The smallest absolute Gasteiger partial charge is 0.416 e. The van der Waals surface area contributed by atoms with Gasteiger partial charge in [-0.3, -0.25) is 14.6 Å². The Labute approximate surface area is 259 Å². The molecule has 0 unspecified atom stereocenters. The van der Waals surface area contributed by atoms with Crippen LogP contribution in [0, 0.1) is 11.8 Å². The third-order valence-electron chi connectivity index (χ3n) is 8.76. The number of cyclic esters (lactones) is 1. The monoisotopic (exact) mass is 668 g/mol. The molecule has 4 rings (SSSR count). The topological polar surface area (TPSA) is 70.1 Å². The average Bonchev–Trinajstić information content (AvgIpc) is 3.24. The van der Waals surface area contributed by atoms with Gasteiger partial charge in [0.2, 0.25) is 0 Å². The number of ether oxygens (including phenoxy) is 1. The lowest BCUT2D eigenvalue weighted by Crippen LogP contribution is -2.34. The molecule has 6 nitrogen and oxygen atoms in total. The number of nitrogens with zero attached hydrogens (tertiary/aromatic N) is 2. The lowest BCUT2D eigenvalue weighted by molar-refractivity contribution is -0.144. The summed E-state index contributed by atoms with van der Waals surface area (Å²) in [4.78, 5) is 27.2. The van der Waals surface area contributed by atoms with Crippen molar-refractivity contribution < 1.29 is 58.9 Å². The molecule has 2 atom stereocenters. The molecule has 1 aliphatic carbocycles. The maximum absolute atomic E-state index is 13.7. The van der Waals surface area contributed by atoms with Crippen molar-refractivity contribution in [2.24, 2.45) is 11.8 Å². The molecule has 1 saturated carbocycles. The lowest BCUT2D eigenvalue weighted by atomic mass is 9.82. The summed E-state index contributed by atoms with van der Waals surface area (Å²) >= 11 is 0. The van der Waals surface area contributed by atoms with Crippen LogP contribution in [0.2, 0.25) is 0 Å². The molecule has 1 aliphatic heterocycles. The number of carbonyl (C=O) groups is 2. The maximum atomic E-state index is 13.7. The van der Waals surface area contributed by atoms with Gasteiger partial charge in [0.1, 0.15) is 6.10 Å². The number of halogens is 9. The van der Waals surface area contributed by atoms with Crippen molar-refractivity contribution in [1.29, 1.82) is 0 Å². The Morgan fingerprint density at radius 2 is 1.43 bits per heavy atom. The molecule has 15 heteroatoms. The van der Waals surface area contributed by atoms with Crippen LogP contribution in [0.3, 0.4) is 0 Å². The van der Waals surface area contributed by atoms with E-state index in [9.17, 15) is 54.2 Å². The van der Waals surface area contributed by atoms with Crippen LogP contribution in [0.25, 0.3) is 0 Å². The first-order valence-corrected chi connectivity index (χ1v) is 14.7. The number of hydrogen-bond donors (Lipinski definition) is 1. The Balaban J connectivity index is 1.60. The van der Waals surface area contributed by atoms with Gasteiger partial charge in [-0.25, -0.2) is 4.79 Å². The third kappa shape index (κ3) is 8.26. The number of amides is 1. The summed E-state index contributed by atoms with van der Waals surface area (Å²) in [5, 5.41) is 9.26. The van der Waals surface area contributed by atoms with Crippen molar-refractivity contribution in [2.45, 2.75) is 83.3 Å². The van der Waals surface area contributed by atoms with E-state index in [-0.39, 0.29) is 24.1 Å². The highest BCUT2D eigenvalue weighted by atomic mass is 19.4. The van der Waals surface area contributed by atoms with E-state index in [1.54, 1.807) is 0 Å². The van der Waals surface area contributed by atoms with Gasteiger partial charge in [-0.15, -0.1) is 0 Å². The molecule has 0 bridgehead atoms. The number of hydrogen-bond acceptors (Lipinski definition) is 4. The van der Waals surface area contributed by atoms with Crippen LogP contribution >= 0.6 is 0 Å². The predicted octanol–water partition coefficient (Wildman–Crippen LogP) is 8.54. The Kier molecular flexibility index (Phi) is 10.2. The van der Waals surface area contributed by atoms with E-state index in [0.717, 1.165) is 17.0 Å². The first-order chi connectivity index (χ1) is 21.3. The molecular weight excluding hydrogens is 635 g/mol. The predicted molar refractivity (Wildman–Crippen MR) is 146 cm³/mol. The molecule has 2 aliphatic rings. The number of alkyl halides is 9. The SMILES string of the molecule is CCN(Cc1ccc(C(F)(F)F)cc1CN1C(=O)O[C@H](c2cc(C(F)(F)F)cc(C(F)(F)F)c2)[C@@H]1C)CC1CCC(C(=O)O)CC1. The number of carboxylic acid groups (broad SMARTS) is 1. The van der Waals surface area contributed by atoms with Gasteiger partial charge in [-0.1, -0.05) is 13.0 Å². The molecular formula is C31H33F9N2O4. The Hall–Kier alpha value is -3.49. The lowest BCUT2D eigenvalue weighted by Gasteiger charge is -2.32. The van der Waals surface area contributed by atoms with Crippen molar-refractivity contribution in [1.82, 2.24) is 9.80 Å². The van der Waals surface area contributed by atoms with Crippen molar-refractivity contribution in [2.75, 3.05) is 13.1 Å². The summed E-state index contributed by atoms with van der Waals surface area (Å²) in [7, 11) is 0. The number of rotatable bonds is 9. The van der Waals surface area contributed by atoms with E-state index in [1.807, 2.05) is 11.8 Å². The summed E-state index contributed by atoms with van der Waals surface area (Å²) in [6, 6.07) is 2.81. The molecule has 2 fully saturated rings. The van der Waals surface area contributed by atoms with Gasteiger partial charge >= 0.3 is 30.6 Å². The minimum atomic E-state index is -5.13. The summed E-state index contributed by atoms with van der Waals surface area (Å²) < 4.78 is 127.